The smallest absolute Gasteiger partial charge is 0.284 e. The highest BCUT2D eigenvalue weighted by Crippen LogP contribution is 2.26. The van der Waals surface area contributed by atoms with Crippen molar-refractivity contribution in [3.05, 3.63) is 66.2 Å². The number of benzene rings is 1. The zero-order valence-electron chi connectivity index (χ0n) is 18.8. The molecule has 0 radical (unpaired) electrons. The average Bonchev–Trinajstić information content (AvgIpc) is 3.42. The van der Waals surface area contributed by atoms with Gasteiger partial charge < -0.3 is 15.5 Å². The third-order valence-corrected chi connectivity index (χ3v) is 5.76. The molecule has 12 heteroatoms. The zero-order valence-corrected chi connectivity index (χ0v) is 18.8. The second kappa shape index (κ2) is 9.28. The fourth-order valence-electron chi connectivity index (χ4n) is 4.23. The summed E-state index contributed by atoms with van der Waals surface area (Å²) in [6, 6.07) is 12.6. The minimum Gasteiger partial charge on any atom is -0.380 e. The standard InChI is InChI=1S/C23H23F3N8O/c1-32-13-18(20(30-32)21(25)26)29-22(35)19-8-7-17-10-27-23(31-34(17)19)33-11-14(24)9-16(12-33)28-15-5-3-2-4-6-15/h2-8,10,13-14,16,21,28H,9,11-12H2,1H3,(H,29,35)/t14-,16-/m0/s1. The van der Waals surface area contributed by atoms with Gasteiger partial charge in [-0.05, 0) is 24.3 Å². The van der Waals surface area contributed by atoms with E-state index in [1.54, 1.807) is 11.0 Å². The van der Waals surface area contributed by atoms with Crippen LogP contribution in [0.15, 0.2) is 54.9 Å². The fraction of sp³-hybridized carbons (Fsp3) is 0.304. The number of hydrogen-bond donors (Lipinski definition) is 2. The number of alkyl halides is 3. The summed E-state index contributed by atoms with van der Waals surface area (Å²) in [4.78, 5) is 19.0. The Morgan fingerprint density at radius 3 is 2.69 bits per heavy atom. The fourth-order valence-corrected chi connectivity index (χ4v) is 4.23. The van der Waals surface area contributed by atoms with Gasteiger partial charge in [0.1, 0.15) is 11.9 Å². The Labute approximate surface area is 198 Å². The lowest BCUT2D eigenvalue weighted by atomic mass is 10.0. The van der Waals surface area contributed by atoms with Gasteiger partial charge in [-0.1, -0.05) is 18.2 Å². The van der Waals surface area contributed by atoms with Crippen molar-refractivity contribution < 1.29 is 18.0 Å². The maximum Gasteiger partial charge on any atom is 0.284 e. The van der Waals surface area contributed by atoms with E-state index in [-0.39, 0.29) is 29.9 Å². The van der Waals surface area contributed by atoms with E-state index in [2.05, 4.69) is 25.8 Å². The van der Waals surface area contributed by atoms with Gasteiger partial charge in [0.2, 0.25) is 5.95 Å². The molecule has 3 aromatic heterocycles. The predicted octanol–water partition coefficient (Wildman–Crippen LogP) is 3.68. The maximum absolute atomic E-state index is 14.6. The highest BCUT2D eigenvalue weighted by Gasteiger charge is 2.29. The van der Waals surface area contributed by atoms with Gasteiger partial charge in [0.25, 0.3) is 12.3 Å². The average molecular weight is 484 g/mol. The Balaban J connectivity index is 1.38. The molecule has 5 rings (SSSR count). The summed E-state index contributed by atoms with van der Waals surface area (Å²) in [5, 5.41) is 14.0. The maximum atomic E-state index is 14.6. The molecule has 1 amide bonds. The number of fused-ring (bicyclic) bond motifs is 1. The lowest BCUT2D eigenvalue weighted by Gasteiger charge is -2.35. The van der Waals surface area contributed by atoms with E-state index in [0.717, 1.165) is 5.69 Å². The number of rotatable bonds is 6. The van der Waals surface area contributed by atoms with Gasteiger partial charge in [-0.3, -0.25) is 9.48 Å². The molecule has 35 heavy (non-hydrogen) atoms. The summed E-state index contributed by atoms with van der Waals surface area (Å²) in [5.74, 6) is -0.366. The third kappa shape index (κ3) is 4.77. The topological polar surface area (TPSA) is 92.4 Å². The van der Waals surface area contributed by atoms with E-state index >= 15 is 0 Å². The Hall–Kier alpha value is -4.09. The SMILES string of the molecule is Cn1cc(NC(=O)c2ccc3cnc(N4C[C@@H](F)C[C@H](Nc5ccccc5)C4)nn23)c(C(F)F)n1. The summed E-state index contributed by atoms with van der Waals surface area (Å²) in [6.07, 6.45) is -0.730. The van der Waals surface area contributed by atoms with Crippen molar-refractivity contribution in [3.8, 4) is 0 Å². The number of halogens is 3. The molecule has 1 fully saturated rings. The summed E-state index contributed by atoms with van der Waals surface area (Å²) in [6.45, 7) is 0.589. The minimum absolute atomic E-state index is 0.0807. The summed E-state index contributed by atoms with van der Waals surface area (Å²) >= 11 is 0. The molecule has 182 valence electrons. The van der Waals surface area contributed by atoms with Crippen LogP contribution in [0.4, 0.5) is 30.5 Å². The van der Waals surface area contributed by atoms with Crippen LogP contribution in [0.5, 0.6) is 0 Å². The molecule has 2 N–H and O–H groups in total. The van der Waals surface area contributed by atoms with E-state index in [9.17, 15) is 18.0 Å². The number of piperidine rings is 1. The van der Waals surface area contributed by atoms with Gasteiger partial charge in [0, 0.05) is 37.9 Å². The monoisotopic (exact) mass is 484 g/mol. The first-order valence-corrected chi connectivity index (χ1v) is 11.1. The van der Waals surface area contributed by atoms with Crippen LogP contribution in [0.3, 0.4) is 0 Å². The van der Waals surface area contributed by atoms with E-state index in [1.807, 2.05) is 30.3 Å². The molecular weight excluding hydrogens is 461 g/mol. The summed E-state index contributed by atoms with van der Waals surface area (Å²) in [5.41, 5.74) is 0.956. The number of aromatic nitrogens is 5. The zero-order chi connectivity index (χ0) is 24.5. The molecule has 0 unspecified atom stereocenters. The van der Waals surface area contributed by atoms with Gasteiger partial charge in [-0.15, -0.1) is 5.10 Å². The van der Waals surface area contributed by atoms with E-state index < -0.39 is 24.2 Å². The first kappa shape index (κ1) is 22.7. The number of nitrogens with zero attached hydrogens (tertiary/aromatic N) is 6. The number of anilines is 3. The van der Waals surface area contributed by atoms with Crippen LogP contribution in [0.1, 0.15) is 29.0 Å². The predicted molar refractivity (Wildman–Crippen MR) is 125 cm³/mol. The molecule has 1 aromatic carbocycles. The quantitative estimate of drug-likeness (QED) is 0.434. The first-order valence-electron chi connectivity index (χ1n) is 11.1. The van der Waals surface area contributed by atoms with Crippen LogP contribution in [-0.2, 0) is 7.05 Å². The lowest BCUT2D eigenvalue weighted by Crippen LogP contribution is -2.48. The number of nitrogens with one attached hydrogen (secondary N) is 2. The summed E-state index contributed by atoms with van der Waals surface area (Å²) < 4.78 is 43.7. The van der Waals surface area contributed by atoms with Crippen molar-refractivity contribution in [1.29, 1.82) is 0 Å². The first-order chi connectivity index (χ1) is 16.9. The molecule has 0 aliphatic carbocycles. The number of carbonyl (C=O) groups is 1. The van der Waals surface area contributed by atoms with Gasteiger partial charge in [0.15, 0.2) is 5.69 Å². The normalized spacial score (nSPS) is 18.3. The van der Waals surface area contributed by atoms with Crippen LogP contribution < -0.4 is 15.5 Å². The Morgan fingerprint density at radius 1 is 1.11 bits per heavy atom. The molecule has 0 bridgehead atoms. The van der Waals surface area contributed by atoms with Crippen LogP contribution in [-0.4, -0.2) is 55.6 Å². The number of amides is 1. The Bertz CT molecular complexity index is 1340. The van der Waals surface area contributed by atoms with Gasteiger partial charge in [0.05, 0.1) is 23.9 Å². The molecule has 1 saturated heterocycles. The van der Waals surface area contributed by atoms with Crippen molar-refractivity contribution in [2.75, 3.05) is 28.6 Å². The highest BCUT2D eigenvalue weighted by atomic mass is 19.3. The Kier molecular flexibility index (Phi) is 6.01. The van der Waals surface area contributed by atoms with E-state index in [4.69, 9.17) is 0 Å². The number of hydrogen-bond acceptors (Lipinski definition) is 6. The van der Waals surface area contributed by atoms with Crippen molar-refractivity contribution in [2.24, 2.45) is 7.05 Å². The molecule has 0 spiro atoms. The van der Waals surface area contributed by atoms with Crippen molar-refractivity contribution >= 4 is 28.7 Å². The molecule has 2 atom stereocenters. The van der Waals surface area contributed by atoms with E-state index in [1.165, 1.54) is 34.7 Å². The van der Waals surface area contributed by atoms with Crippen molar-refractivity contribution in [1.82, 2.24) is 24.4 Å². The third-order valence-electron chi connectivity index (χ3n) is 5.76. The number of carbonyl (C=O) groups excluding carboxylic acids is 1. The van der Waals surface area contributed by atoms with Crippen LogP contribution in [0.2, 0.25) is 0 Å². The van der Waals surface area contributed by atoms with Crippen LogP contribution in [0, 0.1) is 0 Å². The van der Waals surface area contributed by atoms with Gasteiger partial charge in [-0.2, -0.15) is 5.10 Å². The lowest BCUT2D eigenvalue weighted by molar-refractivity contribution is 0.101. The second-order valence-corrected chi connectivity index (χ2v) is 8.42. The highest BCUT2D eigenvalue weighted by molar-refractivity contribution is 6.04. The van der Waals surface area contributed by atoms with Gasteiger partial charge in [-0.25, -0.2) is 22.7 Å². The van der Waals surface area contributed by atoms with Crippen LogP contribution in [0.25, 0.3) is 5.52 Å². The van der Waals surface area contributed by atoms with Crippen molar-refractivity contribution in [2.45, 2.75) is 25.1 Å². The molecule has 1 aliphatic rings. The molecule has 0 saturated carbocycles. The molecule has 4 aromatic rings. The summed E-state index contributed by atoms with van der Waals surface area (Å²) in [7, 11) is 1.49. The van der Waals surface area contributed by atoms with Gasteiger partial charge >= 0.3 is 0 Å². The minimum atomic E-state index is -2.84. The number of para-hydroxylation sites is 1. The largest absolute Gasteiger partial charge is 0.380 e. The second-order valence-electron chi connectivity index (χ2n) is 8.42. The van der Waals surface area contributed by atoms with Crippen molar-refractivity contribution in [3.63, 3.8) is 0 Å². The van der Waals surface area contributed by atoms with Crippen LogP contribution >= 0.6 is 0 Å². The molecule has 9 nitrogen and oxygen atoms in total. The number of aryl methyl sites for hydroxylation is 1. The van der Waals surface area contributed by atoms with E-state index in [0.29, 0.717) is 18.5 Å². The molecular formula is C23H23F3N8O. The molecule has 4 heterocycles. The Morgan fingerprint density at radius 2 is 1.91 bits per heavy atom. The molecule has 1 aliphatic heterocycles.